The number of halogens is 1. The summed E-state index contributed by atoms with van der Waals surface area (Å²) < 4.78 is 0.956. The highest BCUT2D eigenvalue weighted by molar-refractivity contribution is 9.10. The summed E-state index contributed by atoms with van der Waals surface area (Å²) in [6, 6.07) is 5.39. The Kier molecular flexibility index (Phi) is 4.16. The summed E-state index contributed by atoms with van der Waals surface area (Å²) in [6.07, 6.45) is 2.13. The maximum Gasteiger partial charge on any atom is 0.319 e. The summed E-state index contributed by atoms with van der Waals surface area (Å²) in [5, 5.41) is 15.2. The van der Waals surface area contributed by atoms with E-state index in [0.717, 1.165) is 28.6 Å². The van der Waals surface area contributed by atoms with Crippen LogP contribution in [0.2, 0.25) is 0 Å². The summed E-state index contributed by atoms with van der Waals surface area (Å²) in [4.78, 5) is 12.0. The van der Waals surface area contributed by atoms with Gasteiger partial charge >= 0.3 is 6.03 Å². The Morgan fingerprint density at radius 2 is 2.21 bits per heavy atom. The average Bonchev–Trinajstić information content (AvgIpc) is 3.19. The Morgan fingerprint density at radius 3 is 2.79 bits per heavy atom. The molecule has 19 heavy (non-hydrogen) atoms. The predicted molar refractivity (Wildman–Crippen MR) is 79.2 cm³/mol. The smallest absolute Gasteiger partial charge is 0.319 e. The van der Waals surface area contributed by atoms with Crippen molar-refractivity contribution in [1.29, 1.82) is 0 Å². The van der Waals surface area contributed by atoms with Crippen molar-refractivity contribution < 1.29 is 9.90 Å². The van der Waals surface area contributed by atoms with Crippen molar-refractivity contribution in [3.63, 3.8) is 0 Å². The van der Waals surface area contributed by atoms with Crippen LogP contribution >= 0.6 is 15.9 Å². The van der Waals surface area contributed by atoms with E-state index in [1.807, 2.05) is 32.0 Å². The van der Waals surface area contributed by atoms with E-state index in [4.69, 9.17) is 0 Å². The van der Waals surface area contributed by atoms with Gasteiger partial charge in [-0.15, -0.1) is 0 Å². The molecule has 1 aliphatic carbocycles. The molecular weight excluding hydrogens is 308 g/mol. The molecule has 0 aromatic heterocycles. The van der Waals surface area contributed by atoms with Crippen LogP contribution in [-0.2, 0) is 0 Å². The summed E-state index contributed by atoms with van der Waals surface area (Å²) in [6.45, 7) is 3.78. The summed E-state index contributed by atoms with van der Waals surface area (Å²) in [5.41, 5.74) is 1.22. The first-order valence-electron chi connectivity index (χ1n) is 6.41. The van der Waals surface area contributed by atoms with Gasteiger partial charge in [0.05, 0.1) is 12.1 Å². The standard InChI is InChI=1S/C14H19BrN2O2/c1-9-11(15)4-3-5-12(9)16-13(19)17-14(2,8-18)10-6-7-10/h3-5,10,18H,6-8H2,1-2H3,(H2,16,17,19). The van der Waals surface area contributed by atoms with Gasteiger partial charge in [0.25, 0.3) is 0 Å². The number of nitrogens with one attached hydrogen (secondary N) is 2. The fraction of sp³-hybridized carbons (Fsp3) is 0.500. The molecule has 5 heteroatoms. The fourth-order valence-corrected chi connectivity index (χ4v) is 2.51. The minimum absolute atomic E-state index is 0.0391. The first kappa shape index (κ1) is 14.3. The Hall–Kier alpha value is -1.07. The molecule has 0 saturated heterocycles. The molecule has 1 atom stereocenters. The van der Waals surface area contributed by atoms with Crippen LogP contribution in [-0.4, -0.2) is 23.3 Å². The highest BCUT2D eigenvalue weighted by Gasteiger charge is 2.42. The highest BCUT2D eigenvalue weighted by Crippen LogP contribution is 2.39. The summed E-state index contributed by atoms with van der Waals surface area (Å²) >= 11 is 3.43. The van der Waals surface area contributed by atoms with Crippen LogP contribution in [0.1, 0.15) is 25.3 Å². The van der Waals surface area contributed by atoms with E-state index >= 15 is 0 Å². The second-order valence-corrected chi connectivity index (χ2v) is 6.20. The van der Waals surface area contributed by atoms with Gasteiger partial charge in [-0.1, -0.05) is 22.0 Å². The van der Waals surface area contributed by atoms with Crippen molar-refractivity contribution in [2.45, 2.75) is 32.2 Å². The maximum absolute atomic E-state index is 12.0. The molecular formula is C14H19BrN2O2. The average molecular weight is 327 g/mol. The number of rotatable bonds is 4. The molecule has 3 N–H and O–H groups in total. The molecule has 0 spiro atoms. The van der Waals surface area contributed by atoms with Crippen molar-refractivity contribution in [3.05, 3.63) is 28.2 Å². The number of hydrogen-bond donors (Lipinski definition) is 3. The lowest BCUT2D eigenvalue weighted by molar-refractivity contribution is 0.159. The van der Waals surface area contributed by atoms with Crippen LogP contribution in [0, 0.1) is 12.8 Å². The number of amides is 2. The molecule has 1 fully saturated rings. The summed E-state index contributed by atoms with van der Waals surface area (Å²) in [5.74, 6) is 0.381. The largest absolute Gasteiger partial charge is 0.394 e. The van der Waals surface area contributed by atoms with Crippen molar-refractivity contribution in [2.75, 3.05) is 11.9 Å². The van der Waals surface area contributed by atoms with Crippen LogP contribution in [0.25, 0.3) is 0 Å². The number of anilines is 1. The number of aliphatic hydroxyl groups excluding tert-OH is 1. The van der Waals surface area contributed by atoms with Gasteiger partial charge in [0.15, 0.2) is 0 Å². The van der Waals surface area contributed by atoms with Crippen molar-refractivity contribution in [3.8, 4) is 0 Å². The van der Waals surface area contributed by atoms with Crippen molar-refractivity contribution >= 4 is 27.6 Å². The van der Waals surface area contributed by atoms with Crippen LogP contribution in [0.4, 0.5) is 10.5 Å². The number of carbonyl (C=O) groups is 1. The van der Waals surface area contributed by atoms with E-state index in [-0.39, 0.29) is 12.6 Å². The Labute approximate surface area is 121 Å². The quantitative estimate of drug-likeness (QED) is 0.796. The Balaban J connectivity index is 2.03. The van der Waals surface area contributed by atoms with Gasteiger partial charge in [0.2, 0.25) is 0 Å². The van der Waals surface area contributed by atoms with E-state index in [1.54, 1.807) is 0 Å². The molecule has 2 amide bonds. The number of carbonyl (C=O) groups excluding carboxylic acids is 1. The van der Waals surface area contributed by atoms with Crippen LogP contribution in [0.5, 0.6) is 0 Å². The molecule has 0 bridgehead atoms. The third kappa shape index (κ3) is 3.28. The van der Waals surface area contributed by atoms with Gasteiger partial charge < -0.3 is 15.7 Å². The number of hydrogen-bond acceptors (Lipinski definition) is 2. The van der Waals surface area contributed by atoms with Crippen LogP contribution in [0.15, 0.2) is 22.7 Å². The van der Waals surface area contributed by atoms with Crippen molar-refractivity contribution in [2.24, 2.45) is 5.92 Å². The fourth-order valence-electron chi connectivity index (χ4n) is 2.15. The van der Waals surface area contributed by atoms with Gasteiger partial charge in [0, 0.05) is 10.2 Å². The topological polar surface area (TPSA) is 61.4 Å². The third-order valence-electron chi connectivity index (χ3n) is 3.72. The van der Waals surface area contributed by atoms with Crippen molar-refractivity contribution in [1.82, 2.24) is 5.32 Å². The van der Waals surface area contributed by atoms with E-state index < -0.39 is 5.54 Å². The second kappa shape index (κ2) is 5.51. The van der Waals surface area contributed by atoms with E-state index in [1.165, 1.54) is 0 Å². The number of aliphatic hydroxyl groups is 1. The maximum atomic E-state index is 12.0. The first-order chi connectivity index (χ1) is 8.96. The Bertz CT molecular complexity index is 488. The molecule has 0 heterocycles. The van der Waals surface area contributed by atoms with Gasteiger partial charge in [-0.3, -0.25) is 0 Å². The lowest BCUT2D eigenvalue weighted by Gasteiger charge is -2.29. The molecule has 0 aliphatic heterocycles. The lowest BCUT2D eigenvalue weighted by atomic mass is 9.97. The molecule has 104 valence electrons. The van der Waals surface area contributed by atoms with Crippen LogP contribution < -0.4 is 10.6 Å². The molecule has 1 unspecified atom stereocenters. The molecule has 2 rings (SSSR count). The molecule has 4 nitrogen and oxygen atoms in total. The monoisotopic (exact) mass is 326 g/mol. The van der Waals surface area contributed by atoms with Gasteiger partial charge in [-0.25, -0.2) is 4.79 Å². The minimum atomic E-state index is -0.524. The lowest BCUT2D eigenvalue weighted by Crippen LogP contribution is -2.52. The number of benzene rings is 1. The molecule has 1 aromatic carbocycles. The molecule has 1 aliphatic rings. The van der Waals surface area contributed by atoms with Crippen LogP contribution in [0.3, 0.4) is 0 Å². The SMILES string of the molecule is Cc1c(Br)cccc1NC(=O)NC(C)(CO)C1CC1. The predicted octanol–water partition coefficient (Wildman–Crippen LogP) is 3.04. The minimum Gasteiger partial charge on any atom is -0.394 e. The second-order valence-electron chi connectivity index (χ2n) is 5.34. The van der Waals surface area contributed by atoms with E-state index in [9.17, 15) is 9.90 Å². The highest BCUT2D eigenvalue weighted by atomic mass is 79.9. The van der Waals surface area contributed by atoms with Gasteiger partial charge in [-0.2, -0.15) is 0 Å². The zero-order valence-electron chi connectivity index (χ0n) is 11.2. The van der Waals surface area contributed by atoms with Gasteiger partial charge in [0.1, 0.15) is 0 Å². The molecule has 1 saturated carbocycles. The molecule has 0 radical (unpaired) electrons. The first-order valence-corrected chi connectivity index (χ1v) is 7.21. The third-order valence-corrected chi connectivity index (χ3v) is 4.58. The van der Waals surface area contributed by atoms with E-state index in [0.29, 0.717) is 5.92 Å². The van der Waals surface area contributed by atoms with Gasteiger partial charge in [-0.05, 0) is 50.3 Å². The Morgan fingerprint density at radius 1 is 1.53 bits per heavy atom. The molecule has 1 aromatic rings. The normalized spacial score (nSPS) is 17.7. The van der Waals surface area contributed by atoms with E-state index in [2.05, 4.69) is 26.6 Å². The number of urea groups is 1. The zero-order chi connectivity index (χ0) is 14.0. The zero-order valence-corrected chi connectivity index (χ0v) is 12.8. The summed E-state index contributed by atoms with van der Waals surface area (Å²) in [7, 11) is 0.